The zero-order valence-electron chi connectivity index (χ0n) is 8.92. The number of ether oxygens (including phenoxy) is 1. The molecule has 0 fully saturated rings. The van der Waals surface area contributed by atoms with Crippen molar-refractivity contribution in [3.63, 3.8) is 0 Å². The molecule has 0 aliphatic rings. The first-order chi connectivity index (χ1) is 6.27. The van der Waals surface area contributed by atoms with E-state index in [-0.39, 0.29) is 0 Å². The molecule has 0 amide bonds. The van der Waals surface area contributed by atoms with Crippen LogP contribution in [0, 0.1) is 0 Å². The maximum absolute atomic E-state index is 5.60. The molecule has 0 spiro atoms. The third-order valence-corrected chi connectivity index (χ3v) is 1.69. The van der Waals surface area contributed by atoms with Crippen molar-refractivity contribution in [2.75, 3.05) is 12.8 Å². The van der Waals surface area contributed by atoms with E-state index in [0.29, 0.717) is 0 Å². The van der Waals surface area contributed by atoms with Crippen LogP contribution in [0.1, 0.15) is 26.3 Å². The summed E-state index contributed by atoms with van der Waals surface area (Å²) in [5, 5.41) is 0. The first kappa shape index (κ1) is 11.8. The summed E-state index contributed by atoms with van der Waals surface area (Å²) in [6.07, 6.45) is 0.953. The molecule has 13 heavy (non-hydrogen) atoms. The van der Waals surface area contributed by atoms with Gasteiger partial charge in [-0.25, -0.2) is 0 Å². The summed E-state index contributed by atoms with van der Waals surface area (Å²) in [4.78, 5) is 0. The van der Waals surface area contributed by atoms with Crippen molar-refractivity contribution < 1.29 is 4.74 Å². The molecule has 0 aromatic heterocycles. The largest absolute Gasteiger partial charge is 0.496 e. The summed E-state index contributed by atoms with van der Waals surface area (Å²) >= 11 is 0. The van der Waals surface area contributed by atoms with E-state index in [9.17, 15) is 0 Å². The Kier molecular flexibility index (Phi) is 5.77. The highest BCUT2D eigenvalue weighted by Crippen LogP contribution is 2.20. The molecule has 0 atom stereocenters. The lowest BCUT2D eigenvalue weighted by molar-refractivity contribution is 0.410. The van der Waals surface area contributed by atoms with E-state index in [4.69, 9.17) is 10.5 Å². The van der Waals surface area contributed by atoms with Crippen LogP contribution >= 0.6 is 0 Å². The minimum absolute atomic E-state index is 0.794. The van der Waals surface area contributed by atoms with Crippen molar-refractivity contribution in [1.29, 1.82) is 0 Å². The van der Waals surface area contributed by atoms with Crippen molar-refractivity contribution in [1.82, 2.24) is 0 Å². The summed E-state index contributed by atoms with van der Waals surface area (Å²) in [6.45, 7) is 6.08. The second kappa shape index (κ2) is 6.35. The van der Waals surface area contributed by atoms with Gasteiger partial charge in [0.1, 0.15) is 5.75 Å². The third kappa shape index (κ3) is 3.36. The van der Waals surface area contributed by atoms with E-state index < -0.39 is 0 Å². The van der Waals surface area contributed by atoms with E-state index in [2.05, 4.69) is 6.92 Å². The predicted octanol–water partition coefficient (Wildman–Crippen LogP) is 2.87. The van der Waals surface area contributed by atoms with Gasteiger partial charge in [0.25, 0.3) is 0 Å². The highest BCUT2D eigenvalue weighted by Gasteiger charge is 1.99. The van der Waals surface area contributed by atoms with Crippen LogP contribution in [0.3, 0.4) is 0 Å². The Hall–Kier alpha value is -1.18. The van der Waals surface area contributed by atoms with Gasteiger partial charge >= 0.3 is 0 Å². The molecule has 1 aromatic rings. The fourth-order valence-electron chi connectivity index (χ4n) is 1.07. The summed E-state index contributed by atoms with van der Waals surface area (Å²) in [7, 11) is 1.67. The molecule has 0 bridgehead atoms. The maximum Gasteiger partial charge on any atom is 0.122 e. The molecule has 0 saturated carbocycles. The Morgan fingerprint density at radius 3 is 2.38 bits per heavy atom. The van der Waals surface area contributed by atoms with Gasteiger partial charge in [-0.1, -0.05) is 20.8 Å². The van der Waals surface area contributed by atoms with Crippen LogP contribution < -0.4 is 10.5 Å². The summed E-state index contributed by atoms with van der Waals surface area (Å²) in [5.41, 5.74) is 7.56. The smallest absolute Gasteiger partial charge is 0.122 e. The Balaban J connectivity index is 0.000000671. The summed E-state index contributed by atoms with van der Waals surface area (Å²) in [6, 6.07) is 5.69. The molecule has 2 N–H and O–H groups in total. The number of hydrogen-bond donors (Lipinski definition) is 1. The molecule has 2 nitrogen and oxygen atoms in total. The SMILES string of the molecule is CC.CCc1cc(N)ccc1OC. The van der Waals surface area contributed by atoms with Gasteiger partial charge in [-0.15, -0.1) is 0 Å². The Labute approximate surface area is 80.7 Å². The highest BCUT2D eigenvalue weighted by molar-refractivity contribution is 5.47. The quantitative estimate of drug-likeness (QED) is 0.712. The van der Waals surface area contributed by atoms with Crippen molar-refractivity contribution in [2.24, 2.45) is 0 Å². The van der Waals surface area contributed by atoms with Gasteiger partial charge in [0.2, 0.25) is 0 Å². The van der Waals surface area contributed by atoms with Crippen LogP contribution in [-0.2, 0) is 6.42 Å². The number of benzene rings is 1. The molecule has 0 radical (unpaired) electrons. The lowest BCUT2D eigenvalue weighted by Crippen LogP contribution is -1.92. The lowest BCUT2D eigenvalue weighted by Gasteiger charge is -2.06. The van der Waals surface area contributed by atoms with Gasteiger partial charge in [-0.05, 0) is 30.2 Å². The van der Waals surface area contributed by atoms with Crippen LogP contribution in [0.4, 0.5) is 5.69 Å². The molecule has 1 rings (SSSR count). The van der Waals surface area contributed by atoms with Gasteiger partial charge < -0.3 is 10.5 Å². The first-order valence-corrected chi connectivity index (χ1v) is 4.70. The van der Waals surface area contributed by atoms with E-state index in [1.54, 1.807) is 7.11 Å². The molecule has 0 aliphatic heterocycles. The van der Waals surface area contributed by atoms with Crippen molar-refractivity contribution in [3.8, 4) is 5.75 Å². The van der Waals surface area contributed by atoms with Crippen LogP contribution in [0.2, 0.25) is 0 Å². The average molecular weight is 181 g/mol. The van der Waals surface area contributed by atoms with E-state index >= 15 is 0 Å². The monoisotopic (exact) mass is 181 g/mol. The number of nitrogens with two attached hydrogens (primary N) is 1. The highest BCUT2D eigenvalue weighted by atomic mass is 16.5. The van der Waals surface area contributed by atoms with E-state index in [1.807, 2.05) is 32.0 Å². The lowest BCUT2D eigenvalue weighted by atomic mass is 10.1. The normalized spacial score (nSPS) is 8.62. The molecule has 0 aliphatic carbocycles. The molecule has 2 heteroatoms. The number of methoxy groups -OCH3 is 1. The predicted molar refractivity (Wildman–Crippen MR) is 58.1 cm³/mol. The van der Waals surface area contributed by atoms with Gasteiger partial charge in [-0.3, -0.25) is 0 Å². The molecule has 0 saturated heterocycles. The van der Waals surface area contributed by atoms with Crippen LogP contribution in [0.15, 0.2) is 18.2 Å². The molecule has 0 unspecified atom stereocenters. The topological polar surface area (TPSA) is 35.2 Å². The number of hydrogen-bond acceptors (Lipinski definition) is 2. The van der Waals surface area contributed by atoms with Crippen molar-refractivity contribution >= 4 is 5.69 Å². The fourth-order valence-corrected chi connectivity index (χ4v) is 1.07. The van der Waals surface area contributed by atoms with Gasteiger partial charge in [0.05, 0.1) is 7.11 Å². The van der Waals surface area contributed by atoms with Crippen LogP contribution in [0.25, 0.3) is 0 Å². The third-order valence-electron chi connectivity index (χ3n) is 1.69. The summed E-state index contributed by atoms with van der Waals surface area (Å²) < 4.78 is 5.14. The van der Waals surface area contributed by atoms with Crippen molar-refractivity contribution in [2.45, 2.75) is 27.2 Å². The second-order valence-electron chi connectivity index (χ2n) is 2.42. The molecular weight excluding hydrogens is 162 g/mol. The van der Waals surface area contributed by atoms with Gasteiger partial charge in [0.15, 0.2) is 0 Å². The van der Waals surface area contributed by atoms with Crippen LogP contribution in [0.5, 0.6) is 5.75 Å². The first-order valence-electron chi connectivity index (χ1n) is 4.70. The Morgan fingerprint density at radius 1 is 1.31 bits per heavy atom. The molecular formula is C11H19NO. The molecule has 1 aromatic carbocycles. The number of aryl methyl sites for hydroxylation is 1. The Bertz CT molecular complexity index is 246. The maximum atomic E-state index is 5.60. The number of anilines is 1. The number of rotatable bonds is 2. The molecule has 74 valence electrons. The Morgan fingerprint density at radius 2 is 1.92 bits per heavy atom. The minimum atomic E-state index is 0.794. The zero-order chi connectivity index (χ0) is 10.3. The van der Waals surface area contributed by atoms with Gasteiger partial charge in [-0.2, -0.15) is 0 Å². The second-order valence-corrected chi connectivity index (χ2v) is 2.42. The number of nitrogen functional groups attached to an aromatic ring is 1. The molecule has 0 heterocycles. The van der Waals surface area contributed by atoms with Crippen LogP contribution in [-0.4, -0.2) is 7.11 Å². The van der Waals surface area contributed by atoms with Gasteiger partial charge in [0, 0.05) is 5.69 Å². The summed E-state index contributed by atoms with van der Waals surface area (Å²) in [5.74, 6) is 0.918. The standard InChI is InChI=1S/C9H13NO.C2H6/c1-3-7-6-8(10)4-5-9(7)11-2;1-2/h4-6H,3,10H2,1-2H3;1-2H3. The minimum Gasteiger partial charge on any atom is -0.496 e. The fraction of sp³-hybridized carbons (Fsp3) is 0.455. The van der Waals surface area contributed by atoms with E-state index in [0.717, 1.165) is 23.4 Å². The average Bonchev–Trinajstić information content (AvgIpc) is 2.20. The van der Waals surface area contributed by atoms with E-state index in [1.165, 1.54) is 0 Å². The van der Waals surface area contributed by atoms with Crippen molar-refractivity contribution in [3.05, 3.63) is 23.8 Å². The zero-order valence-corrected chi connectivity index (χ0v) is 8.92.